The van der Waals surface area contributed by atoms with Gasteiger partial charge in [0.2, 0.25) is 0 Å². The summed E-state index contributed by atoms with van der Waals surface area (Å²) < 4.78 is 0. The molecule has 1 unspecified atom stereocenters. The van der Waals surface area contributed by atoms with Crippen LogP contribution in [0, 0.1) is 0 Å². The van der Waals surface area contributed by atoms with Crippen molar-refractivity contribution in [3.8, 4) is 0 Å². The van der Waals surface area contributed by atoms with Crippen LogP contribution in [0.25, 0.3) is 0 Å². The molecule has 1 aromatic heterocycles. The monoisotopic (exact) mass is 253 g/mol. The van der Waals surface area contributed by atoms with E-state index >= 15 is 0 Å². The standard InChI is InChI=1S/C13H23N3S/c1-13(2,16-6-4-3-5-7-16)12(14)8-11-9-15-10-17-11/h9-10,12H,3-8,14H2,1-2H3. The van der Waals surface area contributed by atoms with Crippen molar-refractivity contribution in [3.05, 3.63) is 16.6 Å². The SMILES string of the molecule is CC(C)(C(N)Cc1cncs1)N1CCCCC1. The molecule has 1 saturated heterocycles. The molecule has 0 amide bonds. The Kier molecular flexibility index (Phi) is 4.17. The van der Waals surface area contributed by atoms with Crippen molar-refractivity contribution in [1.82, 2.24) is 9.88 Å². The zero-order valence-corrected chi connectivity index (χ0v) is 11.7. The Bertz CT molecular complexity index is 328. The lowest BCUT2D eigenvalue weighted by Gasteiger charge is -2.44. The highest BCUT2D eigenvalue weighted by atomic mass is 32.1. The summed E-state index contributed by atoms with van der Waals surface area (Å²) in [7, 11) is 0. The van der Waals surface area contributed by atoms with Gasteiger partial charge in [0.05, 0.1) is 5.51 Å². The number of aromatic nitrogens is 1. The van der Waals surface area contributed by atoms with Gasteiger partial charge in [-0.05, 0) is 39.8 Å². The van der Waals surface area contributed by atoms with Gasteiger partial charge < -0.3 is 5.73 Å². The molecule has 96 valence electrons. The van der Waals surface area contributed by atoms with E-state index in [-0.39, 0.29) is 11.6 Å². The minimum Gasteiger partial charge on any atom is -0.326 e. The van der Waals surface area contributed by atoms with Gasteiger partial charge in [0.25, 0.3) is 0 Å². The van der Waals surface area contributed by atoms with Crippen molar-refractivity contribution in [2.45, 2.75) is 51.1 Å². The lowest BCUT2D eigenvalue weighted by atomic mass is 9.88. The van der Waals surface area contributed by atoms with E-state index in [4.69, 9.17) is 5.73 Å². The molecule has 0 spiro atoms. The van der Waals surface area contributed by atoms with Crippen LogP contribution < -0.4 is 5.73 Å². The molecule has 17 heavy (non-hydrogen) atoms. The van der Waals surface area contributed by atoms with Crippen molar-refractivity contribution in [3.63, 3.8) is 0 Å². The maximum atomic E-state index is 6.41. The quantitative estimate of drug-likeness (QED) is 0.895. The first-order chi connectivity index (χ1) is 8.10. The van der Waals surface area contributed by atoms with Crippen molar-refractivity contribution in [1.29, 1.82) is 0 Å². The summed E-state index contributed by atoms with van der Waals surface area (Å²) in [6.07, 6.45) is 6.88. The Morgan fingerprint density at radius 1 is 1.41 bits per heavy atom. The van der Waals surface area contributed by atoms with E-state index in [9.17, 15) is 0 Å². The van der Waals surface area contributed by atoms with Gasteiger partial charge in [0, 0.05) is 29.1 Å². The van der Waals surface area contributed by atoms with Crippen LogP contribution in [0.15, 0.2) is 11.7 Å². The number of hydrogen-bond donors (Lipinski definition) is 1. The Balaban J connectivity index is 1.98. The minimum absolute atomic E-state index is 0.0877. The Morgan fingerprint density at radius 2 is 2.12 bits per heavy atom. The van der Waals surface area contributed by atoms with Crippen LogP contribution >= 0.6 is 11.3 Å². The second kappa shape index (κ2) is 5.46. The summed E-state index contributed by atoms with van der Waals surface area (Å²) in [4.78, 5) is 7.97. The fraction of sp³-hybridized carbons (Fsp3) is 0.769. The van der Waals surface area contributed by atoms with E-state index in [1.165, 1.54) is 37.2 Å². The summed E-state index contributed by atoms with van der Waals surface area (Å²) in [5, 5.41) is 0. The maximum absolute atomic E-state index is 6.41. The van der Waals surface area contributed by atoms with Crippen molar-refractivity contribution in [2.24, 2.45) is 5.73 Å². The first-order valence-corrected chi connectivity index (χ1v) is 7.36. The second-order valence-electron chi connectivity index (χ2n) is 5.48. The van der Waals surface area contributed by atoms with Crippen LogP contribution in [0.5, 0.6) is 0 Å². The summed E-state index contributed by atoms with van der Waals surface area (Å²) in [5.41, 5.74) is 8.38. The largest absolute Gasteiger partial charge is 0.326 e. The molecule has 2 N–H and O–H groups in total. The second-order valence-corrected chi connectivity index (χ2v) is 6.45. The molecule has 2 rings (SSSR count). The molecule has 2 heterocycles. The molecule has 1 fully saturated rings. The highest BCUT2D eigenvalue weighted by Crippen LogP contribution is 2.25. The molecule has 0 saturated carbocycles. The number of piperidine rings is 1. The summed E-state index contributed by atoms with van der Waals surface area (Å²) >= 11 is 1.70. The zero-order chi connectivity index (χ0) is 12.3. The van der Waals surface area contributed by atoms with E-state index in [1.54, 1.807) is 11.3 Å². The number of rotatable bonds is 4. The average molecular weight is 253 g/mol. The summed E-state index contributed by atoms with van der Waals surface area (Å²) in [5.74, 6) is 0. The van der Waals surface area contributed by atoms with E-state index in [0.29, 0.717) is 0 Å². The van der Waals surface area contributed by atoms with Gasteiger partial charge in [0.15, 0.2) is 0 Å². The van der Waals surface area contributed by atoms with Crippen LogP contribution in [0.3, 0.4) is 0 Å². The molecule has 0 radical (unpaired) electrons. The van der Waals surface area contributed by atoms with Gasteiger partial charge in [-0.2, -0.15) is 0 Å². The summed E-state index contributed by atoms with van der Waals surface area (Å²) in [6, 6.07) is 0.182. The average Bonchev–Trinajstić information content (AvgIpc) is 2.83. The van der Waals surface area contributed by atoms with Gasteiger partial charge in [-0.1, -0.05) is 6.42 Å². The molecule has 1 aliphatic heterocycles. The molecule has 3 nitrogen and oxygen atoms in total. The Labute approximate surface area is 108 Å². The van der Waals surface area contributed by atoms with Gasteiger partial charge in [-0.25, -0.2) is 0 Å². The Morgan fingerprint density at radius 3 is 2.71 bits per heavy atom. The normalized spacial score (nSPS) is 20.4. The molecule has 1 aliphatic rings. The van der Waals surface area contributed by atoms with Gasteiger partial charge in [-0.3, -0.25) is 9.88 Å². The maximum Gasteiger partial charge on any atom is 0.0794 e. The molecule has 0 aromatic carbocycles. The third kappa shape index (κ3) is 3.06. The van der Waals surface area contributed by atoms with Crippen LogP contribution in [-0.2, 0) is 6.42 Å². The molecular weight excluding hydrogens is 230 g/mol. The van der Waals surface area contributed by atoms with Crippen LogP contribution in [0.4, 0.5) is 0 Å². The van der Waals surface area contributed by atoms with Crippen molar-refractivity contribution in [2.75, 3.05) is 13.1 Å². The fourth-order valence-electron chi connectivity index (χ4n) is 2.51. The third-order valence-electron chi connectivity index (χ3n) is 3.98. The molecule has 1 atom stereocenters. The topological polar surface area (TPSA) is 42.1 Å². The fourth-order valence-corrected chi connectivity index (χ4v) is 3.17. The smallest absolute Gasteiger partial charge is 0.0794 e. The van der Waals surface area contributed by atoms with Crippen LogP contribution in [0.1, 0.15) is 38.0 Å². The molecular formula is C13H23N3S. The predicted octanol–water partition coefficient (Wildman–Crippen LogP) is 2.28. The number of nitrogens with two attached hydrogens (primary N) is 1. The number of likely N-dealkylation sites (tertiary alicyclic amines) is 1. The number of thiazole rings is 1. The van der Waals surface area contributed by atoms with E-state index in [0.717, 1.165) is 6.42 Å². The summed E-state index contributed by atoms with van der Waals surface area (Å²) in [6.45, 7) is 6.96. The van der Waals surface area contributed by atoms with Gasteiger partial charge >= 0.3 is 0 Å². The van der Waals surface area contributed by atoms with Gasteiger partial charge in [-0.15, -0.1) is 11.3 Å². The number of nitrogens with zero attached hydrogens (tertiary/aromatic N) is 2. The highest BCUT2D eigenvalue weighted by Gasteiger charge is 2.33. The van der Waals surface area contributed by atoms with Crippen molar-refractivity contribution >= 4 is 11.3 Å². The van der Waals surface area contributed by atoms with Crippen LogP contribution in [-0.4, -0.2) is 34.6 Å². The lowest BCUT2D eigenvalue weighted by molar-refractivity contribution is 0.0733. The van der Waals surface area contributed by atoms with E-state index in [1.807, 2.05) is 11.7 Å². The third-order valence-corrected chi connectivity index (χ3v) is 4.79. The van der Waals surface area contributed by atoms with Gasteiger partial charge in [0.1, 0.15) is 0 Å². The highest BCUT2D eigenvalue weighted by molar-refractivity contribution is 7.09. The van der Waals surface area contributed by atoms with E-state index in [2.05, 4.69) is 23.7 Å². The minimum atomic E-state index is 0.0877. The Hall–Kier alpha value is -0.450. The zero-order valence-electron chi connectivity index (χ0n) is 10.9. The first-order valence-electron chi connectivity index (χ1n) is 6.48. The number of hydrogen-bond acceptors (Lipinski definition) is 4. The van der Waals surface area contributed by atoms with Crippen molar-refractivity contribution < 1.29 is 0 Å². The van der Waals surface area contributed by atoms with Crippen LogP contribution in [0.2, 0.25) is 0 Å². The molecule has 4 heteroatoms. The molecule has 1 aromatic rings. The molecule has 0 aliphatic carbocycles. The van der Waals surface area contributed by atoms with E-state index < -0.39 is 0 Å². The predicted molar refractivity (Wildman–Crippen MR) is 73.3 cm³/mol. The molecule has 0 bridgehead atoms. The first kappa shape index (κ1) is 13.0. The lowest BCUT2D eigenvalue weighted by Crippen LogP contribution is -2.58.